The van der Waals surface area contributed by atoms with E-state index in [9.17, 15) is 8.42 Å². The Labute approximate surface area is 100 Å². The highest BCUT2D eigenvalue weighted by atomic mass is 32.2. The number of benzene rings is 1. The smallest absolute Gasteiger partial charge is 0.232 e. The van der Waals surface area contributed by atoms with Gasteiger partial charge in [-0.05, 0) is 31.2 Å². The van der Waals surface area contributed by atoms with Crippen LogP contribution in [0.4, 0.5) is 5.69 Å². The van der Waals surface area contributed by atoms with E-state index in [1.165, 1.54) is 0 Å². The maximum absolute atomic E-state index is 11.3. The summed E-state index contributed by atoms with van der Waals surface area (Å²) in [4.78, 5) is 0. The summed E-state index contributed by atoms with van der Waals surface area (Å²) in [5, 5.41) is 6.99. The number of hydrogen-bond donors (Lipinski definition) is 3. The Morgan fingerprint density at radius 3 is 2.47 bits per heavy atom. The molecule has 0 heterocycles. The first-order valence-electron chi connectivity index (χ1n) is 4.99. The van der Waals surface area contributed by atoms with Crippen molar-refractivity contribution in [2.75, 3.05) is 17.1 Å². The molecule has 4 N–H and O–H groups in total. The molecule has 0 atom stereocenters. The molecule has 0 aliphatic rings. The second-order valence-electron chi connectivity index (χ2n) is 3.34. The Hall–Kier alpha value is -1.76. The second kappa shape index (κ2) is 5.53. The van der Waals surface area contributed by atoms with Crippen molar-refractivity contribution in [3.8, 4) is 5.75 Å². The lowest BCUT2D eigenvalue weighted by Gasteiger charge is -2.08. The predicted octanol–water partition coefficient (Wildman–Crippen LogP) is 0.763. The van der Waals surface area contributed by atoms with E-state index in [-0.39, 0.29) is 18.2 Å². The summed E-state index contributed by atoms with van der Waals surface area (Å²) in [6.07, 6.45) is 0. The average Bonchev–Trinajstić information content (AvgIpc) is 2.28. The largest absolute Gasteiger partial charge is 0.486 e. The number of amidine groups is 1. The SMILES string of the molecule is CCS(=O)(=O)Nc1ccc(OCC(=N)N)cc1. The first-order valence-corrected chi connectivity index (χ1v) is 6.64. The minimum Gasteiger partial charge on any atom is -0.486 e. The van der Waals surface area contributed by atoms with E-state index in [4.69, 9.17) is 15.9 Å². The molecule has 0 unspecified atom stereocenters. The zero-order valence-corrected chi connectivity index (χ0v) is 10.3. The van der Waals surface area contributed by atoms with Gasteiger partial charge >= 0.3 is 0 Å². The Kier molecular flexibility index (Phi) is 4.33. The van der Waals surface area contributed by atoms with Gasteiger partial charge in [0.25, 0.3) is 0 Å². The molecular formula is C10H15N3O3S. The molecule has 0 radical (unpaired) electrons. The van der Waals surface area contributed by atoms with E-state index < -0.39 is 10.0 Å². The van der Waals surface area contributed by atoms with Crippen LogP contribution in [0.1, 0.15) is 6.92 Å². The van der Waals surface area contributed by atoms with E-state index in [2.05, 4.69) is 4.72 Å². The fraction of sp³-hybridized carbons (Fsp3) is 0.300. The summed E-state index contributed by atoms with van der Waals surface area (Å²) in [6, 6.07) is 6.39. The van der Waals surface area contributed by atoms with Crippen molar-refractivity contribution in [3.63, 3.8) is 0 Å². The van der Waals surface area contributed by atoms with Gasteiger partial charge in [0, 0.05) is 5.69 Å². The highest BCUT2D eigenvalue weighted by molar-refractivity contribution is 7.92. The summed E-state index contributed by atoms with van der Waals surface area (Å²) in [5.74, 6) is 0.482. The van der Waals surface area contributed by atoms with E-state index in [0.29, 0.717) is 11.4 Å². The van der Waals surface area contributed by atoms with Gasteiger partial charge in [-0.3, -0.25) is 10.1 Å². The van der Waals surface area contributed by atoms with Gasteiger partial charge < -0.3 is 10.5 Å². The van der Waals surface area contributed by atoms with Crippen molar-refractivity contribution in [3.05, 3.63) is 24.3 Å². The van der Waals surface area contributed by atoms with Crippen LogP contribution in [0.2, 0.25) is 0 Å². The Morgan fingerprint density at radius 1 is 1.41 bits per heavy atom. The van der Waals surface area contributed by atoms with Crippen molar-refractivity contribution in [2.24, 2.45) is 5.73 Å². The quantitative estimate of drug-likeness (QED) is 0.517. The molecule has 94 valence electrons. The molecule has 1 rings (SSSR count). The van der Waals surface area contributed by atoms with Gasteiger partial charge in [-0.25, -0.2) is 8.42 Å². The number of hydrogen-bond acceptors (Lipinski definition) is 4. The predicted molar refractivity (Wildman–Crippen MR) is 66.9 cm³/mol. The number of rotatable bonds is 6. The Morgan fingerprint density at radius 2 is 2.00 bits per heavy atom. The fourth-order valence-electron chi connectivity index (χ4n) is 1.03. The van der Waals surface area contributed by atoms with Crippen LogP contribution in [-0.4, -0.2) is 26.6 Å². The maximum Gasteiger partial charge on any atom is 0.232 e. The molecule has 6 nitrogen and oxygen atoms in total. The standard InChI is InChI=1S/C10H15N3O3S/c1-2-17(14,15)13-8-3-5-9(6-4-8)16-7-10(11)12/h3-6,13H,2,7H2,1H3,(H3,11,12). The molecule has 0 amide bonds. The second-order valence-corrected chi connectivity index (χ2v) is 5.35. The fourth-order valence-corrected chi connectivity index (χ4v) is 1.67. The van der Waals surface area contributed by atoms with Crippen molar-refractivity contribution in [2.45, 2.75) is 6.92 Å². The molecule has 0 aliphatic heterocycles. The molecule has 0 fully saturated rings. The van der Waals surface area contributed by atoms with Gasteiger partial charge in [0.15, 0.2) is 0 Å². The van der Waals surface area contributed by atoms with E-state index in [0.717, 1.165) is 0 Å². The normalized spacial score (nSPS) is 10.9. The molecule has 7 heteroatoms. The van der Waals surface area contributed by atoms with Crippen LogP contribution in [0.25, 0.3) is 0 Å². The van der Waals surface area contributed by atoms with Crippen molar-refractivity contribution >= 4 is 21.5 Å². The van der Waals surface area contributed by atoms with E-state index >= 15 is 0 Å². The van der Waals surface area contributed by atoms with Crippen LogP contribution in [-0.2, 0) is 10.0 Å². The third kappa shape index (κ3) is 4.73. The van der Waals surface area contributed by atoms with Gasteiger partial charge in [0.2, 0.25) is 10.0 Å². The first kappa shape index (κ1) is 13.3. The van der Waals surface area contributed by atoms with Crippen molar-refractivity contribution in [1.29, 1.82) is 5.41 Å². The van der Waals surface area contributed by atoms with Crippen LogP contribution in [0.15, 0.2) is 24.3 Å². The molecule has 0 saturated heterocycles. The minimum absolute atomic E-state index is 0.0139. The molecule has 1 aromatic rings. The summed E-state index contributed by atoms with van der Waals surface area (Å²) < 4.78 is 30.1. The number of nitrogens with two attached hydrogens (primary N) is 1. The number of nitrogens with one attached hydrogen (secondary N) is 2. The van der Waals surface area contributed by atoms with Crippen LogP contribution in [0.5, 0.6) is 5.75 Å². The Balaban J connectivity index is 2.65. The van der Waals surface area contributed by atoms with Gasteiger partial charge in [-0.2, -0.15) is 0 Å². The van der Waals surface area contributed by atoms with Crippen molar-refractivity contribution < 1.29 is 13.2 Å². The minimum atomic E-state index is -3.26. The lowest BCUT2D eigenvalue weighted by Crippen LogP contribution is -2.19. The van der Waals surface area contributed by atoms with Crippen LogP contribution in [0.3, 0.4) is 0 Å². The topological polar surface area (TPSA) is 105 Å². The zero-order valence-electron chi connectivity index (χ0n) is 9.43. The third-order valence-electron chi connectivity index (χ3n) is 1.90. The highest BCUT2D eigenvalue weighted by Gasteiger charge is 2.06. The number of anilines is 1. The molecule has 17 heavy (non-hydrogen) atoms. The van der Waals surface area contributed by atoms with Gasteiger partial charge in [0.05, 0.1) is 5.75 Å². The van der Waals surface area contributed by atoms with E-state index in [1.54, 1.807) is 31.2 Å². The Bertz CT molecular complexity index is 482. The summed E-state index contributed by atoms with van der Waals surface area (Å²) >= 11 is 0. The van der Waals surface area contributed by atoms with Crippen LogP contribution >= 0.6 is 0 Å². The van der Waals surface area contributed by atoms with Gasteiger partial charge in [-0.1, -0.05) is 0 Å². The maximum atomic E-state index is 11.3. The summed E-state index contributed by atoms with van der Waals surface area (Å²) in [5.41, 5.74) is 5.61. The number of ether oxygens (including phenoxy) is 1. The lowest BCUT2D eigenvalue weighted by molar-refractivity contribution is 0.374. The van der Waals surface area contributed by atoms with E-state index in [1.807, 2.05) is 0 Å². The molecule has 0 aromatic heterocycles. The summed E-state index contributed by atoms with van der Waals surface area (Å²) in [6.45, 7) is 1.58. The molecule has 0 spiro atoms. The summed E-state index contributed by atoms with van der Waals surface area (Å²) in [7, 11) is -3.26. The van der Waals surface area contributed by atoms with Crippen molar-refractivity contribution in [1.82, 2.24) is 0 Å². The molecule has 1 aromatic carbocycles. The average molecular weight is 257 g/mol. The van der Waals surface area contributed by atoms with Crippen LogP contribution in [0, 0.1) is 5.41 Å². The number of sulfonamides is 1. The molecule has 0 aliphatic carbocycles. The van der Waals surface area contributed by atoms with Crippen LogP contribution < -0.4 is 15.2 Å². The zero-order chi connectivity index (χ0) is 12.9. The molecule has 0 bridgehead atoms. The van der Waals surface area contributed by atoms with Gasteiger partial charge in [0.1, 0.15) is 18.2 Å². The third-order valence-corrected chi connectivity index (χ3v) is 3.21. The lowest BCUT2D eigenvalue weighted by atomic mass is 10.3. The monoisotopic (exact) mass is 257 g/mol. The molecular weight excluding hydrogens is 242 g/mol. The highest BCUT2D eigenvalue weighted by Crippen LogP contribution is 2.16. The van der Waals surface area contributed by atoms with Gasteiger partial charge in [-0.15, -0.1) is 0 Å². The first-order chi connectivity index (χ1) is 7.93. The molecule has 0 saturated carbocycles.